The van der Waals surface area contributed by atoms with Crippen molar-refractivity contribution in [3.05, 3.63) is 65.1 Å². The number of nitrogens with one attached hydrogen (secondary N) is 1. The number of aryl methyl sites for hydroxylation is 1. The Morgan fingerprint density at radius 1 is 1.15 bits per heavy atom. The first-order valence-electron chi connectivity index (χ1n) is 9.15. The standard InChI is InChI=1S/C20H23N5O2/c1-15-10-21-19-18(12-23-25(19)13-15)20(26)22-11-16-2-4-17(5-3-16)14-24-6-8-27-9-7-24/h2-5,10,12-13H,6-9,11,14H2,1H3,(H,22,26). The Bertz CT molecular complexity index is 929. The highest BCUT2D eigenvalue weighted by atomic mass is 16.5. The molecular formula is C20H23N5O2. The van der Waals surface area contributed by atoms with Crippen LogP contribution in [0.4, 0.5) is 0 Å². The van der Waals surface area contributed by atoms with Crippen molar-refractivity contribution in [2.24, 2.45) is 0 Å². The van der Waals surface area contributed by atoms with Crippen molar-refractivity contribution in [2.75, 3.05) is 26.3 Å². The fraction of sp³-hybridized carbons (Fsp3) is 0.350. The van der Waals surface area contributed by atoms with Crippen molar-refractivity contribution in [2.45, 2.75) is 20.0 Å². The lowest BCUT2D eigenvalue weighted by Crippen LogP contribution is -2.35. The van der Waals surface area contributed by atoms with E-state index in [1.165, 1.54) is 5.56 Å². The molecule has 3 aromatic rings. The van der Waals surface area contributed by atoms with E-state index in [4.69, 9.17) is 4.74 Å². The van der Waals surface area contributed by atoms with Crippen LogP contribution in [0.2, 0.25) is 0 Å². The van der Waals surface area contributed by atoms with Gasteiger partial charge in [0, 0.05) is 38.6 Å². The number of carbonyl (C=O) groups is 1. The zero-order valence-electron chi connectivity index (χ0n) is 15.4. The van der Waals surface area contributed by atoms with Crippen molar-refractivity contribution in [3.63, 3.8) is 0 Å². The molecule has 0 bridgehead atoms. The number of hydrogen-bond donors (Lipinski definition) is 1. The number of amides is 1. The zero-order valence-corrected chi connectivity index (χ0v) is 15.4. The quantitative estimate of drug-likeness (QED) is 0.747. The Kier molecular flexibility index (Phi) is 5.13. The van der Waals surface area contributed by atoms with Crippen LogP contribution >= 0.6 is 0 Å². The summed E-state index contributed by atoms with van der Waals surface area (Å²) in [6.07, 6.45) is 5.15. The van der Waals surface area contributed by atoms with Crippen molar-refractivity contribution in [3.8, 4) is 0 Å². The van der Waals surface area contributed by atoms with Gasteiger partial charge in [0.25, 0.3) is 5.91 Å². The summed E-state index contributed by atoms with van der Waals surface area (Å²) in [6, 6.07) is 8.37. The first-order valence-corrected chi connectivity index (χ1v) is 9.15. The third-order valence-electron chi connectivity index (χ3n) is 4.72. The molecule has 0 aliphatic carbocycles. The second kappa shape index (κ2) is 7.85. The highest BCUT2D eigenvalue weighted by Gasteiger charge is 2.14. The smallest absolute Gasteiger partial charge is 0.257 e. The number of rotatable bonds is 5. The van der Waals surface area contributed by atoms with Crippen LogP contribution < -0.4 is 5.32 Å². The summed E-state index contributed by atoms with van der Waals surface area (Å²) in [6.45, 7) is 6.92. The lowest BCUT2D eigenvalue weighted by Gasteiger charge is -2.26. The van der Waals surface area contributed by atoms with E-state index in [0.29, 0.717) is 17.8 Å². The van der Waals surface area contributed by atoms with Gasteiger partial charge in [0.2, 0.25) is 0 Å². The third kappa shape index (κ3) is 4.15. The van der Waals surface area contributed by atoms with Gasteiger partial charge in [0.1, 0.15) is 5.56 Å². The minimum Gasteiger partial charge on any atom is -0.379 e. The largest absolute Gasteiger partial charge is 0.379 e. The van der Waals surface area contributed by atoms with E-state index < -0.39 is 0 Å². The Labute approximate surface area is 158 Å². The number of hydrogen-bond acceptors (Lipinski definition) is 5. The highest BCUT2D eigenvalue weighted by Crippen LogP contribution is 2.11. The van der Waals surface area contributed by atoms with Gasteiger partial charge < -0.3 is 10.1 Å². The lowest BCUT2D eigenvalue weighted by molar-refractivity contribution is 0.0342. The van der Waals surface area contributed by atoms with E-state index in [0.717, 1.165) is 44.0 Å². The van der Waals surface area contributed by atoms with Crippen LogP contribution in [-0.4, -0.2) is 51.7 Å². The monoisotopic (exact) mass is 365 g/mol. The van der Waals surface area contributed by atoms with E-state index in [1.807, 2.05) is 13.1 Å². The van der Waals surface area contributed by atoms with Gasteiger partial charge in [0.05, 0.1) is 19.4 Å². The molecule has 1 N–H and O–H groups in total. The number of morpholine rings is 1. The summed E-state index contributed by atoms with van der Waals surface area (Å²) in [4.78, 5) is 19.2. The Morgan fingerprint density at radius 2 is 1.89 bits per heavy atom. The molecule has 0 unspecified atom stereocenters. The maximum atomic E-state index is 12.5. The molecule has 1 aliphatic heterocycles. The molecule has 4 rings (SSSR count). The number of aromatic nitrogens is 3. The Morgan fingerprint density at radius 3 is 2.67 bits per heavy atom. The van der Waals surface area contributed by atoms with E-state index >= 15 is 0 Å². The van der Waals surface area contributed by atoms with Crippen LogP contribution in [0.3, 0.4) is 0 Å². The van der Waals surface area contributed by atoms with Crippen LogP contribution in [0.15, 0.2) is 42.9 Å². The molecule has 0 saturated carbocycles. The van der Waals surface area contributed by atoms with E-state index in [-0.39, 0.29) is 5.91 Å². The van der Waals surface area contributed by atoms with Gasteiger partial charge in [-0.1, -0.05) is 24.3 Å². The molecule has 0 spiro atoms. The fourth-order valence-corrected chi connectivity index (χ4v) is 3.19. The Balaban J connectivity index is 1.35. The number of ether oxygens (including phenoxy) is 1. The van der Waals surface area contributed by atoms with Crippen LogP contribution in [0.25, 0.3) is 5.65 Å². The molecule has 0 atom stereocenters. The summed E-state index contributed by atoms with van der Waals surface area (Å²) in [5.74, 6) is -0.168. The maximum Gasteiger partial charge on any atom is 0.257 e. The predicted octanol–water partition coefficient (Wildman–Crippen LogP) is 1.80. The first kappa shape index (κ1) is 17.6. The van der Waals surface area contributed by atoms with Crippen LogP contribution in [-0.2, 0) is 17.8 Å². The summed E-state index contributed by atoms with van der Waals surface area (Å²) in [7, 11) is 0. The summed E-state index contributed by atoms with van der Waals surface area (Å²) < 4.78 is 7.01. The fourth-order valence-electron chi connectivity index (χ4n) is 3.19. The molecule has 140 valence electrons. The summed E-state index contributed by atoms with van der Waals surface area (Å²) >= 11 is 0. The molecule has 1 aliphatic rings. The van der Waals surface area contributed by atoms with Gasteiger partial charge in [-0.05, 0) is 23.6 Å². The highest BCUT2D eigenvalue weighted by molar-refractivity contribution is 5.99. The number of carbonyl (C=O) groups excluding carboxylic acids is 1. The van der Waals surface area contributed by atoms with E-state index in [2.05, 4.69) is 44.6 Å². The molecule has 1 saturated heterocycles. The minimum absolute atomic E-state index is 0.168. The normalized spacial score (nSPS) is 15.1. The topological polar surface area (TPSA) is 71.8 Å². The van der Waals surface area contributed by atoms with Crippen LogP contribution in [0.5, 0.6) is 0 Å². The van der Waals surface area contributed by atoms with Gasteiger partial charge >= 0.3 is 0 Å². The van der Waals surface area contributed by atoms with Crippen molar-refractivity contribution >= 4 is 11.6 Å². The van der Waals surface area contributed by atoms with E-state index in [9.17, 15) is 4.79 Å². The molecule has 7 nitrogen and oxygen atoms in total. The number of benzene rings is 1. The van der Waals surface area contributed by atoms with Crippen LogP contribution in [0, 0.1) is 6.92 Å². The SMILES string of the molecule is Cc1cnc2c(C(=O)NCc3ccc(CN4CCOCC4)cc3)cnn2c1. The zero-order chi connectivity index (χ0) is 18.6. The molecule has 1 fully saturated rings. The number of fused-ring (bicyclic) bond motifs is 1. The van der Waals surface area contributed by atoms with Gasteiger partial charge in [0.15, 0.2) is 5.65 Å². The van der Waals surface area contributed by atoms with Crippen molar-refractivity contribution in [1.29, 1.82) is 0 Å². The third-order valence-corrected chi connectivity index (χ3v) is 4.72. The number of nitrogens with zero attached hydrogens (tertiary/aromatic N) is 4. The lowest BCUT2D eigenvalue weighted by atomic mass is 10.1. The predicted molar refractivity (Wildman–Crippen MR) is 101 cm³/mol. The first-order chi connectivity index (χ1) is 13.2. The molecule has 2 aromatic heterocycles. The maximum absolute atomic E-state index is 12.5. The van der Waals surface area contributed by atoms with E-state index in [1.54, 1.807) is 16.9 Å². The average molecular weight is 365 g/mol. The molecule has 27 heavy (non-hydrogen) atoms. The molecule has 3 heterocycles. The van der Waals surface area contributed by atoms with Gasteiger partial charge in [-0.15, -0.1) is 0 Å². The van der Waals surface area contributed by atoms with Gasteiger partial charge in [-0.25, -0.2) is 9.50 Å². The molecule has 0 radical (unpaired) electrons. The average Bonchev–Trinajstić information content (AvgIpc) is 3.11. The molecule has 7 heteroatoms. The summed E-state index contributed by atoms with van der Waals surface area (Å²) in [5, 5.41) is 7.15. The second-order valence-electron chi connectivity index (χ2n) is 6.85. The summed E-state index contributed by atoms with van der Waals surface area (Å²) in [5.41, 5.74) is 4.39. The van der Waals surface area contributed by atoms with Gasteiger partial charge in [-0.2, -0.15) is 5.10 Å². The molecular weight excluding hydrogens is 342 g/mol. The van der Waals surface area contributed by atoms with Crippen molar-refractivity contribution in [1.82, 2.24) is 24.8 Å². The molecule has 1 aromatic carbocycles. The Hall–Kier alpha value is -2.77. The minimum atomic E-state index is -0.168. The van der Waals surface area contributed by atoms with Crippen molar-refractivity contribution < 1.29 is 9.53 Å². The van der Waals surface area contributed by atoms with Crippen LogP contribution in [0.1, 0.15) is 27.0 Å². The molecule has 1 amide bonds. The van der Waals surface area contributed by atoms with Gasteiger partial charge in [-0.3, -0.25) is 9.69 Å². The second-order valence-corrected chi connectivity index (χ2v) is 6.85.